The van der Waals surface area contributed by atoms with Crippen LogP contribution in [0.5, 0.6) is 0 Å². The van der Waals surface area contributed by atoms with E-state index in [-0.39, 0.29) is 55.8 Å². The van der Waals surface area contributed by atoms with E-state index in [4.69, 9.17) is 13.9 Å². The molecule has 2 aliphatic heterocycles. The molecule has 3 N–H and O–H groups in total. The third kappa shape index (κ3) is 10.2. The molecule has 4 rings (SSSR count). The van der Waals surface area contributed by atoms with Crippen molar-refractivity contribution in [2.45, 2.75) is 64.7 Å². The summed E-state index contributed by atoms with van der Waals surface area (Å²) >= 11 is 0. The second-order valence-electron chi connectivity index (χ2n) is 12.0. The van der Waals surface area contributed by atoms with E-state index in [1.807, 2.05) is 0 Å². The highest BCUT2D eigenvalue weighted by Crippen LogP contribution is 2.26. The molecule has 0 radical (unpaired) electrons. The van der Waals surface area contributed by atoms with E-state index >= 15 is 0 Å². The van der Waals surface area contributed by atoms with Crippen molar-refractivity contribution in [1.29, 1.82) is 0 Å². The van der Waals surface area contributed by atoms with Crippen molar-refractivity contribution in [2.24, 2.45) is 18.9 Å². The van der Waals surface area contributed by atoms with E-state index in [1.54, 1.807) is 58.3 Å². The van der Waals surface area contributed by atoms with Crippen molar-refractivity contribution in [3.05, 3.63) is 66.1 Å². The molecule has 1 fully saturated rings. The van der Waals surface area contributed by atoms with Crippen LogP contribution in [0.25, 0.3) is 0 Å². The summed E-state index contributed by atoms with van der Waals surface area (Å²) in [5.41, 5.74) is 0.628. The Hall–Kier alpha value is -5.05. The lowest BCUT2D eigenvalue weighted by Crippen LogP contribution is -2.44. The van der Waals surface area contributed by atoms with Gasteiger partial charge in [0.05, 0.1) is 19.1 Å². The van der Waals surface area contributed by atoms with Crippen molar-refractivity contribution in [3.8, 4) is 0 Å². The fourth-order valence-corrected chi connectivity index (χ4v) is 5.47. The molecule has 5 atom stereocenters. The van der Waals surface area contributed by atoms with Crippen LogP contribution in [0, 0.1) is 11.8 Å². The van der Waals surface area contributed by atoms with Crippen LogP contribution >= 0.6 is 0 Å². The highest BCUT2D eigenvalue weighted by molar-refractivity contribution is 5.95. The first-order valence-corrected chi connectivity index (χ1v) is 15.8. The number of ketones is 1. The molecule has 15 heteroatoms. The number of ether oxygens (including phenoxy) is 2. The Bertz CT molecular complexity index is 1570. The monoisotopic (exact) mass is 666 g/mol. The van der Waals surface area contributed by atoms with E-state index < -0.39 is 48.1 Å². The maximum atomic E-state index is 13.6. The number of aryl methyl sites for hydroxylation is 1. The summed E-state index contributed by atoms with van der Waals surface area (Å²) in [5, 5.41) is 19.7. The lowest BCUT2D eigenvalue weighted by atomic mass is 9.93. The molecular weight excluding hydrogens is 624 g/mol. The van der Waals surface area contributed by atoms with Crippen LogP contribution < -0.4 is 10.6 Å². The van der Waals surface area contributed by atoms with Crippen LogP contribution in [0.1, 0.15) is 56.4 Å². The quantitative estimate of drug-likeness (QED) is 0.406. The summed E-state index contributed by atoms with van der Waals surface area (Å²) in [7, 11) is 1.71. The lowest BCUT2D eigenvalue weighted by molar-refractivity contribution is -0.159. The van der Waals surface area contributed by atoms with Crippen LogP contribution in [-0.4, -0.2) is 92.4 Å². The summed E-state index contributed by atoms with van der Waals surface area (Å²) in [4.78, 5) is 70.1. The summed E-state index contributed by atoms with van der Waals surface area (Å²) in [6.45, 7) is 5.61. The molecule has 0 spiro atoms. The molecular formula is C33H42N6O9. The fraction of sp³-hybridized carbons (Fsp3) is 0.485. The molecule has 48 heavy (non-hydrogen) atoms. The summed E-state index contributed by atoms with van der Waals surface area (Å²) in [6, 6.07) is 0.691. The third-order valence-corrected chi connectivity index (χ3v) is 7.88. The van der Waals surface area contributed by atoms with E-state index in [1.165, 1.54) is 21.7 Å². The summed E-state index contributed by atoms with van der Waals surface area (Å²) in [5.74, 6) is -2.63. The zero-order chi connectivity index (χ0) is 34.8. The van der Waals surface area contributed by atoms with Gasteiger partial charge >= 0.3 is 12.1 Å². The summed E-state index contributed by atoms with van der Waals surface area (Å²) < 4.78 is 18.3. The molecule has 1 saturated heterocycles. The second kappa shape index (κ2) is 16.7. The number of amides is 3. The largest absolute Gasteiger partial charge is 0.460 e. The molecule has 2 bridgehead atoms. The van der Waals surface area contributed by atoms with Crippen molar-refractivity contribution >= 4 is 35.5 Å². The topological polar surface area (TPSA) is 195 Å². The van der Waals surface area contributed by atoms with Crippen molar-refractivity contribution in [3.63, 3.8) is 0 Å². The SMILES string of the molecule is CC1=C\[C@@H](O)CC(=O)Cc2nc(co2)C(=O)N2CCC[C@@H]2C(=O)O[C@H]([C@@H](C)COC(=O)Nc2ccn(C)n2)C(C)/C=C/C(=O)NC\C=C\1. The first-order chi connectivity index (χ1) is 22.9. The predicted molar refractivity (Wildman–Crippen MR) is 171 cm³/mol. The molecule has 0 aliphatic carbocycles. The zero-order valence-electron chi connectivity index (χ0n) is 27.5. The predicted octanol–water partition coefficient (Wildman–Crippen LogP) is 2.50. The minimum Gasteiger partial charge on any atom is -0.460 e. The first kappa shape index (κ1) is 35.8. The standard InChI is InChI=1S/C33H42N6O9/c1-20-7-5-12-34-28(42)10-9-21(2)30(22(3)18-47-33(45)36-27-11-14-38(4)37-27)48-32(44)26-8-6-13-39(26)31(43)25-19-46-29(35-25)17-24(41)16-23(40)15-20/h5,7,9-11,14-15,19,21-23,26,30,40H,6,8,12-13,16-18H2,1-4H3,(H,34,42)(H,36,37,45)/b7-5+,10-9+,20-15+/t21?,22-,23+,26+,30-/m0/s1. The smallest absolute Gasteiger partial charge is 0.412 e. The molecule has 2 aromatic heterocycles. The minimum atomic E-state index is -1.05. The number of carbonyl (C=O) groups excluding carboxylic acids is 5. The minimum absolute atomic E-state index is 0.0187. The Morgan fingerprint density at radius 2 is 2.04 bits per heavy atom. The molecule has 15 nitrogen and oxygen atoms in total. The number of oxazole rings is 1. The highest BCUT2D eigenvalue weighted by atomic mass is 16.6. The van der Waals surface area contributed by atoms with Gasteiger partial charge in [-0.05, 0) is 25.8 Å². The number of anilines is 1. The van der Waals surface area contributed by atoms with Crippen LogP contribution in [-0.2, 0) is 37.3 Å². The number of aliphatic hydroxyl groups is 1. The molecule has 3 amide bonds. The molecule has 258 valence electrons. The average Bonchev–Trinajstić information content (AvgIpc) is 3.80. The van der Waals surface area contributed by atoms with Crippen molar-refractivity contribution in [1.82, 2.24) is 25.0 Å². The number of rotatable bonds is 4. The van der Waals surface area contributed by atoms with Crippen LogP contribution in [0.3, 0.4) is 0 Å². The van der Waals surface area contributed by atoms with E-state index in [0.717, 1.165) is 6.26 Å². The summed E-state index contributed by atoms with van der Waals surface area (Å²) in [6.07, 6.45) is 8.52. The Balaban J connectivity index is 1.54. The number of esters is 1. The van der Waals surface area contributed by atoms with E-state index in [2.05, 4.69) is 20.7 Å². The average molecular weight is 667 g/mol. The normalized spacial score (nSPS) is 26.4. The molecule has 0 aromatic carbocycles. The Morgan fingerprint density at radius 1 is 1.25 bits per heavy atom. The van der Waals surface area contributed by atoms with E-state index in [9.17, 15) is 29.1 Å². The fourth-order valence-electron chi connectivity index (χ4n) is 5.47. The second-order valence-corrected chi connectivity index (χ2v) is 12.0. The Morgan fingerprint density at radius 3 is 2.79 bits per heavy atom. The number of hydrogen-bond acceptors (Lipinski definition) is 11. The Labute approximate surface area is 278 Å². The number of aromatic nitrogens is 3. The maximum Gasteiger partial charge on any atom is 0.412 e. The van der Waals surface area contributed by atoms with Gasteiger partial charge in [0.25, 0.3) is 5.91 Å². The van der Waals surface area contributed by atoms with Crippen molar-refractivity contribution < 1.29 is 43.0 Å². The number of carbonyl (C=O) groups is 5. The molecule has 0 saturated carbocycles. The molecule has 1 unspecified atom stereocenters. The van der Waals surface area contributed by atoms with Gasteiger partial charge in [-0.2, -0.15) is 5.10 Å². The zero-order valence-corrected chi connectivity index (χ0v) is 27.5. The van der Waals surface area contributed by atoms with Gasteiger partial charge in [0.2, 0.25) is 11.8 Å². The number of nitrogens with zero attached hydrogens (tertiary/aromatic N) is 4. The van der Waals surface area contributed by atoms with Gasteiger partial charge in [0.15, 0.2) is 11.5 Å². The van der Waals surface area contributed by atoms with Gasteiger partial charge in [0, 0.05) is 50.7 Å². The number of nitrogens with one attached hydrogen (secondary N) is 2. The number of fused-ring (bicyclic) bond motifs is 3. The molecule has 4 heterocycles. The maximum absolute atomic E-state index is 13.6. The Kier molecular flexibility index (Phi) is 12.4. The van der Waals surface area contributed by atoms with Gasteiger partial charge < -0.3 is 29.2 Å². The van der Waals surface area contributed by atoms with Gasteiger partial charge in [-0.3, -0.25) is 24.4 Å². The highest BCUT2D eigenvalue weighted by Gasteiger charge is 2.39. The van der Waals surface area contributed by atoms with Crippen LogP contribution in [0.2, 0.25) is 0 Å². The van der Waals surface area contributed by atoms with Crippen molar-refractivity contribution in [2.75, 3.05) is 25.0 Å². The van der Waals surface area contributed by atoms with E-state index in [0.29, 0.717) is 24.2 Å². The first-order valence-electron chi connectivity index (χ1n) is 15.8. The molecule has 2 aliphatic rings. The van der Waals surface area contributed by atoms with Gasteiger partial charge in [-0.1, -0.05) is 43.7 Å². The van der Waals surface area contributed by atoms with Gasteiger partial charge in [0.1, 0.15) is 24.2 Å². The lowest BCUT2D eigenvalue weighted by Gasteiger charge is -2.30. The number of allylic oxidation sites excluding steroid dienone is 2. The molecule has 2 aromatic rings. The third-order valence-electron chi connectivity index (χ3n) is 7.88. The van der Waals surface area contributed by atoms with Crippen LogP contribution in [0.15, 0.2) is 58.9 Å². The van der Waals surface area contributed by atoms with Gasteiger partial charge in [-0.25, -0.2) is 14.6 Å². The number of hydrogen-bond donors (Lipinski definition) is 3. The number of Topliss-reactive ketones (excluding diaryl/α,β-unsaturated/α-hetero) is 1. The van der Waals surface area contributed by atoms with Crippen LogP contribution in [0.4, 0.5) is 10.6 Å². The number of aliphatic hydroxyl groups excluding tert-OH is 1. The van der Waals surface area contributed by atoms with Gasteiger partial charge in [-0.15, -0.1) is 0 Å². The number of cyclic esters (lactones) is 1.